The summed E-state index contributed by atoms with van der Waals surface area (Å²) in [6.07, 6.45) is 0.182. The van der Waals surface area contributed by atoms with Crippen LogP contribution in [0.25, 0.3) is 0 Å². The van der Waals surface area contributed by atoms with Crippen LogP contribution in [0.3, 0.4) is 0 Å². The molecule has 0 aliphatic carbocycles. The van der Waals surface area contributed by atoms with Gasteiger partial charge in [-0.05, 0) is 31.4 Å². The number of benzene rings is 1. The van der Waals surface area contributed by atoms with Crippen LogP contribution in [0, 0.1) is 5.92 Å². The van der Waals surface area contributed by atoms with Gasteiger partial charge in [-0.1, -0.05) is 26.0 Å². The Morgan fingerprint density at radius 3 is 2.38 bits per heavy atom. The molecule has 1 rings (SSSR count). The molecule has 0 heterocycles. The second-order valence-corrected chi connectivity index (χ2v) is 6.94. The van der Waals surface area contributed by atoms with Gasteiger partial charge in [0.2, 0.25) is 10.0 Å². The van der Waals surface area contributed by atoms with Gasteiger partial charge < -0.3 is 5.11 Å². The standard InChI is InChI=1S/C14H19NO5S/c1-9(2)7-13(14(17)18)15-21(19,20)12-6-4-5-11(8-12)10(3)16/h4-6,8-9,13,15H,7H2,1-3H3,(H,17,18). The first-order chi connectivity index (χ1) is 9.63. The Morgan fingerprint density at radius 2 is 1.90 bits per heavy atom. The van der Waals surface area contributed by atoms with Gasteiger partial charge in [-0.3, -0.25) is 9.59 Å². The maximum atomic E-state index is 12.2. The van der Waals surface area contributed by atoms with Crippen LogP contribution in [-0.4, -0.2) is 31.3 Å². The monoisotopic (exact) mass is 313 g/mol. The number of sulfonamides is 1. The largest absolute Gasteiger partial charge is 0.480 e. The zero-order valence-electron chi connectivity index (χ0n) is 12.2. The number of aliphatic carboxylic acids is 1. The smallest absolute Gasteiger partial charge is 0.321 e. The van der Waals surface area contributed by atoms with Crippen LogP contribution in [0.4, 0.5) is 0 Å². The first-order valence-corrected chi connectivity index (χ1v) is 7.98. The van der Waals surface area contributed by atoms with E-state index in [-0.39, 0.29) is 28.6 Å². The van der Waals surface area contributed by atoms with E-state index in [0.717, 1.165) is 0 Å². The summed E-state index contributed by atoms with van der Waals surface area (Å²) in [5, 5.41) is 9.09. The van der Waals surface area contributed by atoms with Crippen molar-refractivity contribution in [3.8, 4) is 0 Å². The molecule has 0 spiro atoms. The molecule has 0 bridgehead atoms. The highest BCUT2D eigenvalue weighted by Crippen LogP contribution is 2.14. The molecule has 0 amide bonds. The summed E-state index contributed by atoms with van der Waals surface area (Å²) in [6.45, 7) is 4.94. The molecule has 2 N–H and O–H groups in total. The van der Waals surface area contributed by atoms with Crippen molar-refractivity contribution in [3.63, 3.8) is 0 Å². The Morgan fingerprint density at radius 1 is 1.29 bits per heavy atom. The number of hydrogen-bond acceptors (Lipinski definition) is 4. The fourth-order valence-corrected chi connectivity index (χ4v) is 3.06. The molecular formula is C14H19NO5S. The fraction of sp³-hybridized carbons (Fsp3) is 0.429. The van der Waals surface area contributed by atoms with Gasteiger partial charge in [-0.2, -0.15) is 4.72 Å². The fourth-order valence-electron chi connectivity index (χ4n) is 1.81. The molecule has 0 aliphatic heterocycles. The molecule has 7 heteroatoms. The molecule has 1 atom stereocenters. The SMILES string of the molecule is CC(=O)c1cccc(S(=O)(=O)NC(CC(C)C)C(=O)O)c1. The number of hydrogen-bond donors (Lipinski definition) is 2. The number of carboxylic acid groups (broad SMARTS) is 1. The molecular weight excluding hydrogens is 294 g/mol. The number of carboxylic acids is 1. The molecule has 6 nitrogen and oxygen atoms in total. The predicted molar refractivity (Wildman–Crippen MR) is 77.6 cm³/mol. The Kier molecular flexibility index (Phi) is 5.62. The summed E-state index contributed by atoms with van der Waals surface area (Å²) in [7, 11) is -3.99. The molecule has 0 radical (unpaired) electrons. The van der Waals surface area contributed by atoms with Gasteiger partial charge in [-0.15, -0.1) is 0 Å². The van der Waals surface area contributed by atoms with Crippen molar-refractivity contribution in [2.75, 3.05) is 0 Å². The lowest BCUT2D eigenvalue weighted by Crippen LogP contribution is -2.41. The average molecular weight is 313 g/mol. The minimum absolute atomic E-state index is 0.0253. The van der Waals surface area contributed by atoms with Gasteiger partial charge in [0.1, 0.15) is 6.04 Å². The second kappa shape index (κ2) is 6.82. The van der Waals surface area contributed by atoms with Crippen molar-refractivity contribution in [1.29, 1.82) is 0 Å². The number of ketones is 1. The van der Waals surface area contributed by atoms with Crippen molar-refractivity contribution in [1.82, 2.24) is 4.72 Å². The number of carbonyl (C=O) groups excluding carboxylic acids is 1. The minimum atomic E-state index is -3.99. The Bertz CT molecular complexity index is 637. The minimum Gasteiger partial charge on any atom is -0.480 e. The Balaban J connectivity index is 3.07. The van der Waals surface area contributed by atoms with E-state index in [2.05, 4.69) is 4.72 Å². The molecule has 1 unspecified atom stereocenters. The highest BCUT2D eigenvalue weighted by atomic mass is 32.2. The lowest BCUT2D eigenvalue weighted by atomic mass is 10.1. The highest BCUT2D eigenvalue weighted by molar-refractivity contribution is 7.89. The number of Topliss-reactive ketones (excluding diaryl/α,β-unsaturated/α-hetero) is 1. The Labute approximate surface area is 124 Å². The van der Waals surface area contributed by atoms with E-state index >= 15 is 0 Å². The molecule has 1 aromatic carbocycles. The van der Waals surface area contributed by atoms with E-state index < -0.39 is 22.0 Å². The zero-order chi connectivity index (χ0) is 16.2. The normalized spacial score (nSPS) is 13.1. The van der Waals surface area contributed by atoms with Crippen LogP contribution in [0.2, 0.25) is 0 Å². The lowest BCUT2D eigenvalue weighted by Gasteiger charge is -2.16. The van der Waals surface area contributed by atoms with Gasteiger partial charge >= 0.3 is 5.97 Å². The van der Waals surface area contributed by atoms with Crippen molar-refractivity contribution >= 4 is 21.8 Å². The summed E-state index contributed by atoms with van der Waals surface area (Å²) < 4.78 is 26.6. The summed E-state index contributed by atoms with van der Waals surface area (Å²) >= 11 is 0. The van der Waals surface area contributed by atoms with Crippen LogP contribution < -0.4 is 4.72 Å². The first-order valence-electron chi connectivity index (χ1n) is 6.49. The number of carbonyl (C=O) groups is 2. The first kappa shape index (κ1) is 17.3. The third-order valence-electron chi connectivity index (χ3n) is 2.85. The maximum Gasteiger partial charge on any atom is 0.321 e. The average Bonchev–Trinajstić information content (AvgIpc) is 2.37. The molecule has 116 valence electrons. The third-order valence-corrected chi connectivity index (χ3v) is 4.32. The molecule has 0 aromatic heterocycles. The van der Waals surface area contributed by atoms with Crippen molar-refractivity contribution in [2.24, 2.45) is 5.92 Å². The summed E-state index contributed by atoms with van der Waals surface area (Å²) in [6, 6.07) is 4.31. The van der Waals surface area contributed by atoms with Gasteiger partial charge in [0, 0.05) is 5.56 Å². The van der Waals surface area contributed by atoms with Gasteiger partial charge in [0.05, 0.1) is 4.90 Å². The van der Waals surface area contributed by atoms with Crippen molar-refractivity contribution in [3.05, 3.63) is 29.8 Å². The van der Waals surface area contributed by atoms with E-state index in [1.807, 2.05) is 0 Å². The maximum absolute atomic E-state index is 12.2. The molecule has 0 saturated carbocycles. The topological polar surface area (TPSA) is 101 Å². The van der Waals surface area contributed by atoms with E-state index in [0.29, 0.717) is 0 Å². The van der Waals surface area contributed by atoms with Crippen LogP contribution in [0.1, 0.15) is 37.6 Å². The molecule has 1 aromatic rings. The molecule has 0 fully saturated rings. The summed E-state index contributed by atoms with van der Waals surface area (Å²) in [5.41, 5.74) is 0.258. The van der Waals surface area contributed by atoms with Crippen LogP contribution in [-0.2, 0) is 14.8 Å². The van der Waals surface area contributed by atoms with E-state index in [4.69, 9.17) is 5.11 Å². The summed E-state index contributed by atoms with van der Waals surface area (Å²) in [4.78, 5) is 22.3. The lowest BCUT2D eigenvalue weighted by molar-refractivity contribution is -0.139. The molecule has 21 heavy (non-hydrogen) atoms. The van der Waals surface area contributed by atoms with Crippen LogP contribution >= 0.6 is 0 Å². The quantitative estimate of drug-likeness (QED) is 0.746. The third kappa shape index (κ3) is 4.95. The zero-order valence-corrected chi connectivity index (χ0v) is 13.0. The van der Waals surface area contributed by atoms with Crippen LogP contribution in [0.5, 0.6) is 0 Å². The molecule has 0 aliphatic rings. The van der Waals surface area contributed by atoms with E-state index in [1.165, 1.54) is 31.2 Å². The number of nitrogens with one attached hydrogen (secondary N) is 1. The van der Waals surface area contributed by atoms with Crippen LogP contribution in [0.15, 0.2) is 29.2 Å². The van der Waals surface area contributed by atoms with Gasteiger partial charge in [-0.25, -0.2) is 8.42 Å². The number of rotatable bonds is 7. The molecule has 0 saturated heterocycles. The predicted octanol–water partition coefficient (Wildman–Crippen LogP) is 1.67. The summed E-state index contributed by atoms with van der Waals surface area (Å²) in [5.74, 6) is -1.46. The highest BCUT2D eigenvalue weighted by Gasteiger charge is 2.26. The van der Waals surface area contributed by atoms with E-state index in [9.17, 15) is 18.0 Å². The second-order valence-electron chi connectivity index (χ2n) is 5.23. The van der Waals surface area contributed by atoms with E-state index in [1.54, 1.807) is 13.8 Å². The Hall–Kier alpha value is -1.73. The van der Waals surface area contributed by atoms with Gasteiger partial charge in [0.25, 0.3) is 0 Å². The van der Waals surface area contributed by atoms with Crippen molar-refractivity contribution < 1.29 is 23.1 Å². The van der Waals surface area contributed by atoms with Gasteiger partial charge in [0.15, 0.2) is 5.78 Å². The van der Waals surface area contributed by atoms with Crippen molar-refractivity contribution in [2.45, 2.75) is 38.1 Å².